The van der Waals surface area contributed by atoms with Crippen molar-refractivity contribution in [3.05, 3.63) is 60.3 Å². The van der Waals surface area contributed by atoms with Crippen LogP contribution < -0.4 is 15.0 Å². The molecular weight excluding hydrogens is 340 g/mol. The molecular formula is C21H26N4O2. The predicted octanol–water partition coefficient (Wildman–Crippen LogP) is 3.01. The first kappa shape index (κ1) is 18.8. The number of anilines is 2. The third kappa shape index (κ3) is 4.23. The molecule has 6 heteroatoms. The third-order valence-corrected chi connectivity index (χ3v) is 4.54. The van der Waals surface area contributed by atoms with Crippen LogP contribution in [-0.4, -0.2) is 56.6 Å². The fourth-order valence-electron chi connectivity index (χ4n) is 2.93. The Labute approximate surface area is 160 Å². The van der Waals surface area contributed by atoms with E-state index in [1.807, 2.05) is 85.2 Å². The van der Waals surface area contributed by atoms with E-state index in [0.29, 0.717) is 12.1 Å². The number of hydrogen-bond donors (Lipinski definition) is 1. The Morgan fingerprint density at radius 1 is 1.04 bits per heavy atom. The lowest BCUT2D eigenvalue weighted by Crippen LogP contribution is -2.31. The van der Waals surface area contributed by atoms with Gasteiger partial charge in [-0.05, 0) is 62.6 Å². The van der Waals surface area contributed by atoms with E-state index in [0.717, 1.165) is 29.3 Å². The van der Waals surface area contributed by atoms with Crippen LogP contribution in [0, 0.1) is 0 Å². The minimum atomic E-state index is -0.0644. The van der Waals surface area contributed by atoms with Gasteiger partial charge in [-0.25, -0.2) is 0 Å². The standard InChI is InChI=1S/C21H26N4O2/c1-23(2)14-13-22-21(26)16-5-6-18-9-12-20(25(18)15-16)24(3)17-7-10-19(27-4)11-8-17/h5-12,15H,13-14H2,1-4H3,(H,22,26). The van der Waals surface area contributed by atoms with Gasteiger partial charge in [0.1, 0.15) is 11.6 Å². The molecule has 0 radical (unpaired) electrons. The number of likely N-dealkylation sites (N-methyl/N-ethyl adjacent to an activating group) is 1. The zero-order valence-electron chi connectivity index (χ0n) is 16.3. The molecule has 0 saturated heterocycles. The van der Waals surface area contributed by atoms with Crippen molar-refractivity contribution in [2.45, 2.75) is 0 Å². The van der Waals surface area contributed by atoms with Crippen LogP contribution in [0.15, 0.2) is 54.7 Å². The zero-order chi connectivity index (χ0) is 19.4. The van der Waals surface area contributed by atoms with Crippen molar-refractivity contribution in [1.29, 1.82) is 0 Å². The molecule has 1 N–H and O–H groups in total. The predicted molar refractivity (Wildman–Crippen MR) is 109 cm³/mol. The second-order valence-electron chi connectivity index (χ2n) is 6.72. The fourth-order valence-corrected chi connectivity index (χ4v) is 2.93. The molecule has 27 heavy (non-hydrogen) atoms. The molecule has 3 rings (SSSR count). The van der Waals surface area contributed by atoms with Crippen molar-refractivity contribution < 1.29 is 9.53 Å². The van der Waals surface area contributed by atoms with Crippen LogP contribution in [0.25, 0.3) is 5.52 Å². The first-order valence-corrected chi connectivity index (χ1v) is 8.91. The van der Waals surface area contributed by atoms with Gasteiger partial charge in [-0.2, -0.15) is 0 Å². The largest absolute Gasteiger partial charge is 0.497 e. The lowest BCUT2D eigenvalue weighted by Gasteiger charge is -2.20. The van der Waals surface area contributed by atoms with Gasteiger partial charge in [0.2, 0.25) is 0 Å². The molecule has 0 unspecified atom stereocenters. The lowest BCUT2D eigenvalue weighted by atomic mass is 10.2. The van der Waals surface area contributed by atoms with E-state index < -0.39 is 0 Å². The number of nitrogens with zero attached hydrogens (tertiary/aromatic N) is 3. The molecule has 142 valence electrons. The highest BCUT2D eigenvalue weighted by molar-refractivity contribution is 5.94. The maximum absolute atomic E-state index is 12.4. The molecule has 0 bridgehead atoms. The molecule has 6 nitrogen and oxygen atoms in total. The van der Waals surface area contributed by atoms with E-state index in [-0.39, 0.29) is 5.91 Å². The summed E-state index contributed by atoms with van der Waals surface area (Å²) in [6.45, 7) is 1.43. The first-order valence-electron chi connectivity index (χ1n) is 8.91. The number of ether oxygens (including phenoxy) is 1. The lowest BCUT2D eigenvalue weighted by molar-refractivity contribution is 0.0950. The molecule has 0 aliphatic rings. The number of carbonyl (C=O) groups is 1. The smallest absolute Gasteiger partial charge is 0.252 e. The van der Waals surface area contributed by atoms with E-state index in [2.05, 4.69) is 10.2 Å². The van der Waals surface area contributed by atoms with Crippen molar-refractivity contribution >= 4 is 22.9 Å². The van der Waals surface area contributed by atoms with Crippen LogP contribution in [0.5, 0.6) is 5.75 Å². The topological polar surface area (TPSA) is 49.2 Å². The SMILES string of the molecule is COc1ccc(N(C)c2ccc3ccc(C(=O)NCCN(C)C)cn23)cc1. The highest BCUT2D eigenvalue weighted by atomic mass is 16.5. The Morgan fingerprint density at radius 2 is 1.74 bits per heavy atom. The second-order valence-corrected chi connectivity index (χ2v) is 6.72. The summed E-state index contributed by atoms with van der Waals surface area (Å²) in [5, 5.41) is 2.96. The van der Waals surface area contributed by atoms with Crippen LogP contribution in [0.4, 0.5) is 11.5 Å². The molecule has 0 saturated carbocycles. The highest BCUT2D eigenvalue weighted by Gasteiger charge is 2.12. The molecule has 2 heterocycles. The van der Waals surface area contributed by atoms with Crippen LogP contribution >= 0.6 is 0 Å². The van der Waals surface area contributed by atoms with Gasteiger partial charge in [-0.1, -0.05) is 0 Å². The quantitative estimate of drug-likeness (QED) is 0.698. The normalized spacial score (nSPS) is 11.0. The summed E-state index contributed by atoms with van der Waals surface area (Å²) < 4.78 is 7.26. The van der Waals surface area contributed by atoms with Gasteiger partial charge in [0.25, 0.3) is 5.91 Å². The van der Waals surface area contributed by atoms with Crippen molar-refractivity contribution in [2.24, 2.45) is 0 Å². The van der Waals surface area contributed by atoms with Gasteiger partial charge >= 0.3 is 0 Å². The number of carbonyl (C=O) groups excluding carboxylic acids is 1. The number of benzene rings is 1. The Hall–Kier alpha value is -2.99. The number of amides is 1. The summed E-state index contributed by atoms with van der Waals surface area (Å²) in [4.78, 5) is 16.6. The van der Waals surface area contributed by atoms with Gasteiger partial charge in [-0.3, -0.25) is 4.79 Å². The number of nitrogens with one attached hydrogen (secondary N) is 1. The van der Waals surface area contributed by atoms with Gasteiger partial charge in [0.15, 0.2) is 0 Å². The van der Waals surface area contributed by atoms with Crippen molar-refractivity contribution in [3.8, 4) is 5.75 Å². The van der Waals surface area contributed by atoms with Crippen LogP contribution in [-0.2, 0) is 0 Å². The van der Waals surface area contributed by atoms with Crippen LogP contribution in [0.3, 0.4) is 0 Å². The molecule has 0 spiro atoms. The van der Waals surface area contributed by atoms with Gasteiger partial charge in [-0.15, -0.1) is 0 Å². The minimum absolute atomic E-state index is 0.0644. The average Bonchev–Trinajstić information content (AvgIpc) is 3.10. The van der Waals surface area contributed by atoms with E-state index in [9.17, 15) is 4.79 Å². The Morgan fingerprint density at radius 3 is 2.41 bits per heavy atom. The van der Waals surface area contributed by atoms with Gasteiger partial charge in [0.05, 0.1) is 12.7 Å². The number of fused-ring (bicyclic) bond motifs is 1. The molecule has 0 aliphatic heterocycles. The monoisotopic (exact) mass is 366 g/mol. The Bertz CT molecular complexity index is 916. The summed E-state index contributed by atoms with van der Waals surface area (Å²) in [6, 6.07) is 15.8. The number of hydrogen-bond acceptors (Lipinski definition) is 4. The Balaban J connectivity index is 1.84. The molecule has 0 aliphatic carbocycles. The first-order chi connectivity index (χ1) is 13.0. The number of aromatic nitrogens is 1. The molecule has 0 fully saturated rings. The van der Waals surface area contributed by atoms with Crippen molar-refractivity contribution in [1.82, 2.24) is 14.6 Å². The molecule has 3 aromatic rings. The molecule has 2 aromatic heterocycles. The summed E-state index contributed by atoms with van der Waals surface area (Å²) in [6.07, 6.45) is 1.88. The van der Waals surface area contributed by atoms with Crippen LogP contribution in [0.1, 0.15) is 10.4 Å². The Kier molecular flexibility index (Phi) is 5.66. The number of pyridine rings is 1. The minimum Gasteiger partial charge on any atom is -0.497 e. The fraction of sp³-hybridized carbons (Fsp3) is 0.286. The highest BCUT2D eigenvalue weighted by Crippen LogP contribution is 2.27. The van der Waals surface area contributed by atoms with Gasteiger partial charge in [0, 0.05) is 37.5 Å². The van der Waals surface area contributed by atoms with Crippen molar-refractivity contribution in [2.75, 3.05) is 46.2 Å². The summed E-state index contributed by atoms with van der Waals surface area (Å²) >= 11 is 0. The summed E-state index contributed by atoms with van der Waals surface area (Å²) in [5.41, 5.74) is 2.72. The third-order valence-electron chi connectivity index (χ3n) is 4.54. The van der Waals surface area contributed by atoms with Gasteiger partial charge < -0.3 is 24.3 Å². The molecule has 1 aromatic carbocycles. The number of methoxy groups -OCH3 is 1. The van der Waals surface area contributed by atoms with E-state index in [4.69, 9.17) is 4.74 Å². The number of rotatable bonds is 7. The average molecular weight is 366 g/mol. The summed E-state index contributed by atoms with van der Waals surface area (Å²) in [5.74, 6) is 1.74. The zero-order valence-corrected chi connectivity index (χ0v) is 16.3. The maximum Gasteiger partial charge on any atom is 0.252 e. The maximum atomic E-state index is 12.4. The van der Waals surface area contributed by atoms with E-state index in [1.165, 1.54) is 0 Å². The summed E-state index contributed by atoms with van der Waals surface area (Å²) in [7, 11) is 7.64. The van der Waals surface area contributed by atoms with Crippen molar-refractivity contribution in [3.63, 3.8) is 0 Å². The van der Waals surface area contributed by atoms with Crippen LogP contribution in [0.2, 0.25) is 0 Å². The molecule has 1 amide bonds. The van der Waals surface area contributed by atoms with E-state index in [1.54, 1.807) is 7.11 Å². The van der Waals surface area contributed by atoms with E-state index >= 15 is 0 Å². The second kappa shape index (κ2) is 8.14. The molecule has 0 atom stereocenters.